The molecule has 1 aliphatic rings. The predicted octanol–water partition coefficient (Wildman–Crippen LogP) is 3.06. The van der Waals surface area contributed by atoms with Crippen LogP contribution in [-0.4, -0.2) is 27.1 Å². The van der Waals surface area contributed by atoms with Crippen molar-refractivity contribution in [1.29, 1.82) is 0 Å². The molecule has 2 heterocycles. The fraction of sp³-hybridized carbons (Fsp3) is 0.261. The quantitative estimate of drug-likeness (QED) is 0.706. The summed E-state index contributed by atoms with van der Waals surface area (Å²) in [4.78, 5) is 26.8. The minimum atomic E-state index is -0.264. The number of carbonyl (C=O) groups is 1. The number of amides is 1. The highest BCUT2D eigenvalue weighted by Gasteiger charge is 2.21. The molecule has 1 aromatic heterocycles. The Hall–Kier alpha value is -3.21. The third kappa shape index (κ3) is 3.74. The Labute approximate surface area is 164 Å². The zero-order chi connectivity index (χ0) is 19.5. The number of fused-ring (bicyclic) bond motifs is 1. The summed E-state index contributed by atoms with van der Waals surface area (Å²) in [5.74, 6) is -0.0809. The normalized spacial score (nSPS) is 13.2. The molecular formula is C23H23N3O2. The summed E-state index contributed by atoms with van der Waals surface area (Å²) in [5, 5.41) is 4.43. The van der Waals surface area contributed by atoms with Crippen LogP contribution in [0.3, 0.4) is 0 Å². The van der Waals surface area contributed by atoms with Gasteiger partial charge >= 0.3 is 0 Å². The first-order valence-electron chi connectivity index (χ1n) is 9.66. The van der Waals surface area contributed by atoms with Gasteiger partial charge in [0.05, 0.1) is 5.69 Å². The minimum Gasteiger partial charge on any atom is -0.336 e. The van der Waals surface area contributed by atoms with Gasteiger partial charge in [-0.05, 0) is 35.6 Å². The summed E-state index contributed by atoms with van der Waals surface area (Å²) in [6.07, 6.45) is 1.81. The molecule has 0 atom stereocenters. The second kappa shape index (κ2) is 7.80. The van der Waals surface area contributed by atoms with Crippen LogP contribution >= 0.6 is 0 Å². The Bertz CT molecular complexity index is 1050. The molecule has 2 aromatic carbocycles. The van der Waals surface area contributed by atoms with E-state index in [2.05, 4.69) is 36.3 Å². The lowest BCUT2D eigenvalue weighted by Gasteiger charge is -2.29. The second-order valence-corrected chi connectivity index (χ2v) is 7.10. The van der Waals surface area contributed by atoms with Crippen LogP contribution in [0.5, 0.6) is 0 Å². The molecule has 0 bridgehead atoms. The van der Waals surface area contributed by atoms with Crippen molar-refractivity contribution in [3.05, 3.63) is 87.7 Å². The van der Waals surface area contributed by atoms with Crippen LogP contribution in [0, 0.1) is 0 Å². The lowest BCUT2D eigenvalue weighted by Crippen LogP contribution is -2.40. The van der Waals surface area contributed by atoms with Crippen molar-refractivity contribution in [1.82, 2.24) is 14.7 Å². The van der Waals surface area contributed by atoms with E-state index < -0.39 is 0 Å². The van der Waals surface area contributed by atoms with E-state index in [9.17, 15) is 9.59 Å². The highest BCUT2D eigenvalue weighted by Crippen LogP contribution is 2.19. The second-order valence-electron chi connectivity index (χ2n) is 7.10. The lowest BCUT2D eigenvalue weighted by atomic mass is 10.00. The van der Waals surface area contributed by atoms with E-state index in [0.717, 1.165) is 18.4 Å². The van der Waals surface area contributed by atoms with Gasteiger partial charge in [0.2, 0.25) is 5.91 Å². The number of carbonyl (C=O) groups excluding carboxylic acids is 1. The van der Waals surface area contributed by atoms with Crippen molar-refractivity contribution in [2.45, 2.75) is 32.9 Å². The first-order valence-corrected chi connectivity index (χ1v) is 9.66. The number of hydrogen-bond donors (Lipinski definition) is 0. The van der Waals surface area contributed by atoms with Crippen molar-refractivity contribution >= 4 is 5.91 Å². The fourth-order valence-corrected chi connectivity index (χ4v) is 3.56. The third-order valence-electron chi connectivity index (χ3n) is 5.29. The molecule has 0 saturated heterocycles. The molecule has 0 radical (unpaired) electrons. The van der Waals surface area contributed by atoms with Crippen LogP contribution in [0.4, 0.5) is 0 Å². The maximum Gasteiger partial charge on any atom is 0.267 e. The van der Waals surface area contributed by atoms with Gasteiger partial charge in [-0.1, -0.05) is 55.5 Å². The maximum atomic E-state index is 12.8. The number of hydrogen-bond acceptors (Lipinski definition) is 3. The number of aryl methyl sites for hydroxylation is 1. The number of rotatable bonds is 4. The Morgan fingerprint density at radius 3 is 2.50 bits per heavy atom. The SMILES string of the molecule is CCc1ccc(-c2ccc(=O)n(CC(=O)N3CCc4ccccc4C3)n2)cc1. The molecule has 0 spiro atoms. The highest BCUT2D eigenvalue weighted by atomic mass is 16.2. The molecule has 0 fully saturated rings. The van der Waals surface area contributed by atoms with E-state index in [1.54, 1.807) is 11.0 Å². The number of nitrogens with zero attached hydrogens (tertiary/aromatic N) is 3. The molecule has 0 aliphatic carbocycles. The smallest absolute Gasteiger partial charge is 0.267 e. The summed E-state index contributed by atoms with van der Waals surface area (Å²) in [7, 11) is 0. The predicted molar refractivity (Wildman–Crippen MR) is 109 cm³/mol. The van der Waals surface area contributed by atoms with Crippen LogP contribution in [0.25, 0.3) is 11.3 Å². The van der Waals surface area contributed by atoms with Gasteiger partial charge in [-0.25, -0.2) is 4.68 Å². The Kier molecular flexibility index (Phi) is 5.06. The Morgan fingerprint density at radius 2 is 1.75 bits per heavy atom. The molecule has 0 N–H and O–H groups in total. The average molecular weight is 373 g/mol. The zero-order valence-corrected chi connectivity index (χ0v) is 16.0. The summed E-state index contributed by atoms with van der Waals surface area (Å²) in [6.45, 7) is 3.32. The van der Waals surface area contributed by atoms with Crippen LogP contribution in [-0.2, 0) is 30.7 Å². The van der Waals surface area contributed by atoms with Crippen molar-refractivity contribution < 1.29 is 4.79 Å². The van der Waals surface area contributed by atoms with Crippen LogP contribution in [0.2, 0.25) is 0 Å². The maximum absolute atomic E-state index is 12.8. The zero-order valence-electron chi connectivity index (χ0n) is 16.0. The van der Waals surface area contributed by atoms with E-state index in [1.165, 1.54) is 27.4 Å². The third-order valence-corrected chi connectivity index (χ3v) is 5.29. The van der Waals surface area contributed by atoms with Gasteiger partial charge in [0, 0.05) is 24.7 Å². The van der Waals surface area contributed by atoms with Gasteiger partial charge in [-0.3, -0.25) is 9.59 Å². The fourth-order valence-electron chi connectivity index (χ4n) is 3.56. The standard InChI is InChI=1S/C23H23N3O2/c1-2-17-7-9-19(10-8-17)21-11-12-22(27)26(24-21)16-23(28)25-14-13-18-5-3-4-6-20(18)15-25/h3-12H,2,13-16H2,1H3. The molecule has 3 aromatic rings. The van der Waals surface area contributed by atoms with Gasteiger partial charge in [0.15, 0.2) is 0 Å². The summed E-state index contributed by atoms with van der Waals surface area (Å²) in [5.41, 5.74) is 5.08. The Balaban J connectivity index is 1.53. The van der Waals surface area contributed by atoms with Crippen molar-refractivity contribution in [3.63, 3.8) is 0 Å². The molecule has 4 rings (SSSR count). The van der Waals surface area contributed by atoms with Crippen molar-refractivity contribution in [3.8, 4) is 11.3 Å². The van der Waals surface area contributed by atoms with Crippen molar-refractivity contribution in [2.75, 3.05) is 6.54 Å². The van der Waals surface area contributed by atoms with E-state index in [1.807, 2.05) is 24.3 Å². The van der Waals surface area contributed by atoms with E-state index in [4.69, 9.17) is 0 Å². The first-order chi connectivity index (χ1) is 13.6. The van der Waals surface area contributed by atoms with Gasteiger partial charge in [-0.15, -0.1) is 0 Å². The molecule has 28 heavy (non-hydrogen) atoms. The molecule has 1 aliphatic heterocycles. The molecule has 1 amide bonds. The molecule has 0 saturated carbocycles. The summed E-state index contributed by atoms with van der Waals surface area (Å²) >= 11 is 0. The van der Waals surface area contributed by atoms with Gasteiger partial charge < -0.3 is 4.90 Å². The molecule has 0 unspecified atom stereocenters. The minimum absolute atomic E-state index is 0.0398. The average Bonchev–Trinajstić information content (AvgIpc) is 2.75. The number of benzene rings is 2. The molecular weight excluding hydrogens is 350 g/mol. The summed E-state index contributed by atoms with van der Waals surface area (Å²) in [6, 6.07) is 19.5. The topological polar surface area (TPSA) is 55.2 Å². The largest absolute Gasteiger partial charge is 0.336 e. The highest BCUT2D eigenvalue weighted by molar-refractivity contribution is 5.76. The van der Waals surface area contributed by atoms with Gasteiger partial charge in [0.1, 0.15) is 6.54 Å². The Morgan fingerprint density at radius 1 is 1.00 bits per heavy atom. The van der Waals surface area contributed by atoms with Gasteiger partial charge in [0.25, 0.3) is 5.56 Å². The molecule has 5 nitrogen and oxygen atoms in total. The first kappa shape index (κ1) is 18.2. The van der Waals surface area contributed by atoms with Crippen LogP contribution in [0.1, 0.15) is 23.6 Å². The monoisotopic (exact) mass is 373 g/mol. The lowest BCUT2D eigenvalue weighted by molar-refractivity contribution is -0.133. The van der Waals surface area contributed by atoms with Gasteiger partial charge in [-0.2, -0.15) is 5.10 Å². The van der Waals surface area contributed by atoms with Crippen LogP contribution in [0.15, 0.2) is 65.5 Å². The molecule has 142 valence electrons. The van der Waals surface area contributed by atoms with Crippen LogP contribution < -0.4 is 5.56 Å². The van der Waals surface area contributed by atoms with E-state index in [0.29, 0.717) is 18.8 Å². The van der Waals surface area contributed by atoms with Crippen molar-refractivity contribution in [2.24, 2.45) is 0 Å². The molecule has 5 heteroatoms. The van der Waals surface area contributed by atoms with E-state index in [-0.39, 0.29) is 18.0 Å². The number of aromatic nitrogens is 2. The summed E-state index contributed by atoms with van der Waals surface area (Å²) < 4.78 is 1.27. The van der Waals surface area contributed by atoms with E-state index >= 15 is 0 Å².